The maximum absolute atomic E-state index is 11.5. The molecule has 2 atom stereocenters. The van der Waals surface area contributed by atoms with Gasteiger partial charge in [-0.3, -0.25) is 4.79 Å². The second kappa shape index (κ2) is 6.20. The van der Waals surface area contributed by atoms with E-state index >= 15 is 0 Å². The lowest BCUT2D eigenvalue weighted by molar-refractivity contribution is -0.131. The van der Waals surface area contributed by atoms with Gasteiger partial charge in [0.1, 0.15) is 5.78 Å². The van der Waals surface area contributed by atoms with Crippen molar-refractivity contribution < 1.29 is 14.6 Å². The first kappa shape index (κ1) is 12.6. The Morgan fingerprint density at radius 3 is 3.00 bits per heavy atom. The molecule has 15 heavy (non-hydrogen) atoms. The van der Waals surface area contributed by atoms with Gasteiger partial charge in [-0.25, -0.2) is 0 Å². The second-order valence-electron chi connectivity index (χ2n) is 4.39. The first-order chi connectivity index (χ1) is 7.09. The van der Waals surface area contributed by atoms with Gasteiger partial charge in [-0.2, -0.15) is 0 Å². The smallest absolute Gasteiger partial charge is 0.141 e. The van der Waals surface area contributed by atoms with Crippen LogP contribution in [0.1, 0.15) is 19.8 Å². The fourth-order valence-electron chi connectivity index (χ4n) is 1.72. The average Bonchev–Trinajstić information content (AvgIpc) is 2.18. The van der Waals surface area contributed by atoms with Crippen LogP contribution in [0.4, 0.5) is 0 Å². The Morgan fingerprint density at radius 1 is 1.67 bits per heavy atom. The third kappa shape index (κ3) is 4.73. The Morgan fingerprint density at radius 2 is 2.40 bits per heavy atom. The molecule has 0 aromatic heterocycles. The highest BCUT2D eigenvalue weighted by atomic mass is 16.5. The van der Waals surface area contributed by atoms with Crippen molar-refractivity contribution in [2.75, 3.05) is 33.4 Å². The van der Waals surface area contributed by atoms with E-state index in [1.165, 1.54) is 0 Å². The fourth-order valence-corrected chi connectivity index (χ4v) is 1.72. The molecular weight excluding hydrogens is 194 g/mol. The Bertz CT molecular complexity index is 206. The summed E-state index contributed by atoms with van der Waals surface area (Å²) in [6.45, 7) is 4.47. The second-order valence-corrected chi connectivity index (χ2v) is 4.39. The molecule has 1 heterocycles. The number of hydrogen-bond donors (Lipinski definition) is 1. The molecule has 1 rings (SSSR count). The molecule has 2 unspecified atom stereocenters. The third-order valence-corrected chi connectivity index (χ3v) is 2.73. The SMILES string of the molecule is CC(O)CCN(C)CC1COCCC1=O. The van der Waals surface area contributed by atoms with Crippen molar-refractivity contribution >= 4 is 5.78 Å². The summed E-state index contributed by atoms with van der Waals surface area (Å²) in [5.74, 6) is 0.336. The van der Waals surface area contributed by atoms with Gasteiger partial charge in [0.25, 0.3) is 0 Å². The molecule has 0 amide bonds. The topological polar surface area (TPSA) is 49.8 Å². The van der Waals surface area contributed by atoms with Crippen LogP contribution < -0.4 is 0 Å². The molecule has 0 aromatic carbocycles. The highest BCUT2D eigenvalue weighted by Crippen LogP contribution is 2.11. The first-order valence-corrected chi connectivity index (χ1v) is 5.56. The zero-order valence-corrected chi connectivity index (χ0v) is 9.61. The minimum absolute atomic E-state index is 0.0257. The Balaban J connectivity index is 2.23. The predicted octanol–water partition coefficient (Wildman–Crippen LogP) is 0.295. The van der Waals surface area contributed by atoms with Crippen LogP contribution in [0, 0.1) is 5.92 Å². The molecule has 1 saturated heterocycles. The van der Waals surface area contributed by atoms with Crippen molar-refractivity contribution in [3.05, 3.63) is 0 Å². The van der Waals surface area contributed by atoms with E-state index < -0.39 is 0 Å². The third-order valence-electron chi connectivity index (χ3n) is 2.73. The van der Waals surface area contributed by atoms with Gasteiger partial charge < -0.3 is 14.7 Å². The van der Waals surface area contributed by atoms with E-state index in [1.807, 2.05) is 7.05 Å². The number of rotatable bonds is 5. The average molecular weight is 215 g/mol. The van der Waals surface area contributed by atoms with Crippen molar-refractivity contribution in [1.82, 2.24) is 4.90 Å². The molecule has 1 N–H and O–H groups in total. The lowest BCUT2D eigenvalue weighted by Crippen LogP contribution is -2.37. The van der Waals surface area contributed by atoms with Gasteiger partial charge in [-0.05, 0) is 20.4 Å². The monoisotopic (exact) mass is 215 g/mol. The first-order valence-electron chi connectivity index (χ1n) is 5.56. The zero-order chi connectivity index (χ0) is 11.3. The number of ether oxygens (including phenoxy) is 1. The molecule has 1 aliphatic rings. The van der Waals surface area contributed by atoms with Crippen LogP contribution in [0.3, 0.4) is 0 Å². The predicted molar refractivity (Wildman–Crippen MR) is 57.7 cm³/mol. The molecule has 88 valence electrons. The molecule has 0 bridgehead atoms. The molecule has 0 aliphatic carbocycles. The number of aliphatic hydroxyl groups excluding tert-OH is 1. The van der Waals surface area contributed by atoms with Crippen molar-refractivity contribution in [2.24, 2.45) is 5.92 Å². The quantitative estimate of drug-likeness (QED) is 0.716. The summed E-state index contributed by atoms with van der Waals surface area (Å²) in [6.07, 6.45) is 1.03. The van der Waals surface area contributed by atoms with Crippen LogP contribution in [-0.2, 0) is 9.53 Å². The number of Topliss-reactive ketones (excluding diaryl/α,β-unsaturated/α-hetero) is 1. The summed E-state index contributed by atoms with van der Waals surface area (Å²) in [6, 6.07) is 0. The number of aliphatic hydroxyl groups is 1. The van der Waals surface area contributed by atoms with Gasteiger partial charge in [-0.1, -0.05) is 0 Å². The fraction of sp³-hybridized carbons (Fsp3) is 0.909. The number of ketones is 1. The summed E-state index contributed by atoms with van der Waals surface area (Å²) >= 11 is 0. The van der Waals surface area contributed by atoms with Gasteiger partial charge in [0, 0.05) is 19.5 Å². The number of carbonyl (C=O) groups is 1. The molecular formula is C11H21NO3. The summed E-state index contributed by atoms with van der Waals surface area (Å²) in [5.41, 5.74) is 0. The molecule has 0 spiro atoms. The molecule has 1 fully saturated rings. The van der Waals surface area contributed by atoms with Crippen LogP contribution in [-0.4, -0.2) is 55.2 Å². The van der Waals surface area contributed by atoms with Gasteiger partial charge in [0.15, 0.2) is 0 Å². The van der Waals surface area contributed by atoms with E-state index in [1.54, 1.807) is 6.92 Å². The van der Waals surface area contributed by atoms with Crippen LogP contribution in [0.2, 0.25) is 0 Å². The standard InChI is InChI=1S/C11H21NO3/c1-9(13)3-5-12(2)7-10-8-15-6-4-11(10)14/h9-10,13H,3-8H2,1-2H3. The van der Waals surface area contributed by atoms with Gasteiger partial charge in [0.2, 0.25) is 0 Å². The number of carbonyl (C=O) groups excluding carboxylic acids is 1. The van der Waals surface area contributed by atoms with Crippen LogP contribution in [0.25, 0.3) is 0 Å². The van der Waals surface area contributed by atoms with E-state index in [-0.39, 0.29) is 12.0 Å². The van der Waals surface area contributed by atoms with Crippen molar-refractivity contribution in [2.45, 2.75) is 25.9 Å². The van der Waals surface area contributed by atoms with Crippen molar-refractivity contribution in [1.29, 1.82) is 0 Å². The zero-order valence-electron chi connectivity index (χ0n) is 9.61. The molecule has 0 saturated carbocycles. The molecule has 0 aromatic rings. The van der Waals surface area contributed by atoms with E-state index in [0.29, 0.717) is 25.4 Å². The van der Waals surface area contributed by atoms with Gasteiger partial charge >= 0.3 is 0 Å². The Kier molecular flexibility index (Phi) is 5.22. The van der Waals surface area contributed by atoms with Gasteiger partial charge in [-0.15, -0.1) is 0 Å². The molecule has 4 heteroatoms. The maximum Gasteiger partial charge on any atom is 0.141 e. The van der Waals surface area contributed by atoms with Crippen LogP contribution in [0.5, 0.6) is 0 Å². The van der Waals surface area contributed by atoms with E-state index in [9.17, 15) is 4.79 Å². The van der Waals surface area contributed by atoms with E-state index in [0.717, 1.165) is 19.5 Å². The molecule has 4 nitrogen and oxygen atoms in total. The van der Waals surface area contributed by atoms with Crippen LogP contribution >= 0.6 is 0 Å². The van der Waals surface area contributed by atoms with E-state index in [2.05, 4.69) is 4.90 Å². The van der Waals surface area contributed by atoms with Crippen LogP contribution in [0.15, 0.2) is 0 Å². The van der Waals surface area contributed by atoms with Gasteiger partial charge in [0.05, 0.1) is 25.2 Å². The lowest BCUT2D eigenvalue weighted by atomic mass is 10.00. The summed E-state index contributed by atoms with van der Waals surface area (Å²) < 4.78 is 5.28. The number of nitrogens with zero attached hydrogens (tertiary/aromatic N) is 1. The maximum atomic E-state index is 11.5. The minimum Gasteiger partial charge on any atom is -0.393 e. The molecule has 0 radical (unpaired) electrons. The highest BCUT2D eigenvalue weighted by Gasteiger charge is 2.23. The minimum atomic E-state index is -0.272. The highest BCUT2D eigenvalue weighted by molar-refractivity contribution is 5.81. The van der Waals surface area contributed by atoms with E-state index in [4.69, 9.17) is 9.84 Å². The summed E-state index contributed by atoms with van der Waals surface area (Å²) in [4.78, 5) is 13.6. The normalized spacial score (nSPS) is 24.5. The largest absolute Gasteiger partial charge is 0.393 e. The van der Waals surface area contributed by atoms with Crippen molar-refractivity contribution in [3.63, 3.8) is 0 Å². The van der Waals surface area contributed by atoms with Crippen molar-refractivity contribution in [3.8, 4) is 0 Å². The molecule has 1 aliphatic heterocycles. The number of hydrogen-bond acceptors (Lipinski definition) is 4. The summed E-state index contributed by atoms with van der Waals surface area (Å²) in [5, 5.41) is 9.14. The summed E-state index contributed by atoms with van der Waals surface area (Å²) in [7, 11) is 1.98. The lowest BCUT2D eigenvalue weighted by Gasteiger charge is -2.26. The Labute approximate surface area is 91.2 Å². The Hall–Kier alpha value is -0.450.